The zero-order valence-electron chi connectivity index (χ0n) is 8.86. The van der Waals surface area contributed by atoms with Crippen molar-refractivity contribution in [2.75, 3.05) is 4.93 Å². The number of rotatable bonds is 2. The fourth-order valence-electron chi connectivity index (χ4n) is 2.50. The van der Waals surface area contributed by atoms with E-state index in [1.807, 2.05) is 0 Å². The van der Waals surface area contributed by atoms with Crippen LogP contribution in [0.4, 0.5) is 0 Å². The van der Waals surface area contributed by atoms with Gasteiger partial charge in [0, 0.05) is 0 Å². The molecule has 74 valence electrons. The van der Waals surface area contributed by atoms with Gasteiger partial charge in [-0.15, -0.1) is 0 Å². The van der Waals surface area contributed by atoms with Gasteiger partial charge in [-0.25, -0.2) is 0 Å². The van der Waals surface area contributed by atoms with Crippen LogP contribution in [0, 0.1) is 11.8 Å². The predicted molar refractivity (Wildman–Crippen MR) is 51.1 cm³/mol. The first-order valence-corrected chi connectivity index (χ1v) is 8.38. The zero-order chi connectivity index (χ0) is 9.19. The first-order chi connectivity index (χ1) is 5.64. The molecule has 0 radical (unpaired) electrons. The average molecular weight is 281 g/mol. The molecule has 0 spiro atoms. The van der Waals surface area contributed by atoms with E-state index in [1.54, 1.807) is 0 Å². The Morgan fingerprint density at radius 3 is 2.67 bits per heavy atom. The maximum atomic E-state index is 2.53. The van der Waals surface area contributed by atoms with E-state index in [0.717, 1.165) is 15.3 Å². The molecule has 0 aromatic heterocycles. The number of hydrogen-bond acceptors (Lipinski definition) is 0. The van der Waals surface area contributed by atoms with Crippen LogP contribution in [0.15, 0.2) is 0 Å². The minimum atomic E-state index is 0.429. The van der Waals surface area contributed by atoms with Gasteiger partial charge in [-0.2, -0.15) is 0 Å². The standard InChI is InChI=1S/C11H22I/c1-5-10-7-6-8-11(3,12-4)9(10)2/h9-10H,5-8H2,1-4H3/q-1. The van der Waals surface area contributed by atoms with Gasteiger partial charge in [0.2, 0.25) is 0 Å². The van der Waals surface area contributed by atoms with Crippen molar-refractivity contribution in [3.05, 3.63) is 0 Å². The molecule has 12 heavy (non-hydrogen) atoms. The second-order valence-corrected chi connectivity index (χ2v) is 7.86. The van der Waals surface area contributed by atoms with Gasteiger partial charge in [-0.3, -0.25) is 0 Å². The molecule has 0 bridgehead atoms. The second kappa shape index (κ2) is 4.30. The molecular formula is C11H22I-. The molecular weight excluding hydrogens is 259 g/mol. The van der Waals surface area contributed by atoms with Crippen molar-refractivity contribution < 1.29 is 21.2 Å². The second-order valence-electron chi connectivity index (χ2n) is 4.32. The predicted octanol–water partition coefficient (Wildman–Crippen LogP) is 0.310. The normalized spacial score (nSPS) is 43.3. The fraction of sp³-hybridized carbons (Fsp3) is 1.00. The number of alkyl halides is 2. The Bertz CT molecular complexity index is 144. The van der Waals surface area contributed by atoms with Gasteiger partial charge in [-0.1, -0.05) is 0 Å². The third kappa shape index (κ3) is 1.97. The summed E-state index contributed by atoms with van der Waals surface area (Å²) in [6.45, 7) is 7.39. The van der Waals surface area contributed by atoms with Crippen molar-refractivity contribution in [1.82, 2.24) is 0 Å². The molecule has 3 atom stereocenters. The van der Waals surface area contributed by atoms with Crippen LogP contribution in [-0.2, 0) is 0 Å². The summed E-state index contributed by atoms with van der Waals surface area (Å²) in [6, 6.07) is 0. The molecule has 3 unspecified atom stereocenters. The number of halogens is 1. The van der Waals surface area contributed by atoms with Crippen molar-refractivity contribution in [2.24, 2.45) is 11.8 Å². The molecule has 0 heterocycles. The van der Waals surface area contributed by atoms with Gasteiger partial charge in [-0.05, 0) is 0 Å². The monoisotopic (exact) mass is 281 g/mol. The summed E-state index contributed by atoms with van der Waals surface area (Å²) in [5.41, 5.74) is 0. The van der Waals surface area contributed by atoms with Crippen LogP contribution in [0.3, 0.4) is 0 Å². The van der Waals surface area contributed by atoms with Crippen LogP contribution in [-0.4, -0.2) is 8.35 Å². The van der Waals surface area contributed by atoms with Gasteiger partial charge in [0.05, 0.1) is 0 Å². The molecule has 0 aliphatic heterocycles. The fourth-order valence-corrected chi connectivity index (χ4v) is 4.91. The maximum absolute atomic E-state index is 2.53. The van der Waals surface area contributed by atoms with Crippen LogP contribution in [0.25, 0.3) is 0 Å². The molecule has 1 saturated carbocycles. The Balaban J connectivity index is 2.65. The SMILES string of the molecule is CCC1CCCC(C)([I-]C)C1C. The van der Waals surface area contributed by atoms with Crippen molar-refractivity contribution >= 4 is 0 Å². The van der Waals surface area contributed by atoms with Crippen molar-refractivity contribution in [1.29, 1.82) is 0 Å². The Hall–Kier alpha value is 0.730. The number of hydrogen-bond donors (Lipinski definition) is 0. The van der Waals surface area contributed by atoms with E-state index in [9.17, 15) is 0 Å². The van der Waals surface area contributed by atoms with E-state index in [-0.39, 0.29) is 0 Å². The van der Waals surface area contributed by atoms with E-state index in [4.69, 9.17) is 0 Å². The van der Waals surface area contributed by atoms with E-state index in [1.165, 1.54) is 25.7 Å². The van der Waals surface area contributed by atoms with E-state index in [2.05, 4.69) is 25.7 Å². The summed E-state index contributed by atoms with van der Waals surface area (Å²) in [6.07, 6.45) is 5.90. The van der Waals surface area contributed by atoms with Gasteiger partial charge in [0.25, 0.3) is 0 Å². The Morgan fingerprint density at radius 2 is 2.17 bits per heavy atom. The van der Waals surface area contributed by atoms with Crippen molar-refractivity contribution in [2.45, 2.75) is 49.9 Å². The molecule has 0 saturated heterocycles. The van der Waals surface area contributed by atoms with Crippen LogP contribution in [0.5, 0.6) is 0 Å². The molecule has 0 amide bonds. The molecule has 1 aliphatic carbocycles. The quantitative estimate of drug-likeness (QED) is 0.505. The Labute approximate surface area is 87.8 Å². The van der Waals surface area contributed by atoms with Crippen molar-refractivity contribution in [3.63, 3.8) is 0 Å². The summed E-state index contributed by atoms with van der Waals surface area (Å²) in [5.74, 6) is 2.03. The third-order valence-electron chi connectivity index (χ3n) is 3.85. The van der Waals surface area contributed by atoms with Crippen LogP contribution in [0.2, 0.25) is 0 Å². The van der Waals surface area contributed by atoms with E-state index < -0.39 is 0 Å². The summed E-state index contributed by atoms with van der Waals surface area (Å²) in [5, 5.41) is 0. The zero-order valence-corrected chi connectivity index (χ0v) is 11.0. The Kier molecular flexibility index (Phi) is 3.87. The molecule has 0 aromatic carbocycles. The topological polar surface area (TPSA) is 0 Å². The minimum absolute atomic E-state index is 0.429. The average Bonchev–Trinajstić information content (AvgIpc) is 2.10. The van der Waals surface area contributed by atoms with Crippen molar-refractivity contribution in [3.8, 4) is 0 Å². The molecule has 0 nitrogen and oxygen atoms in total. The molecule has 1 aliphatic rings. The summed E-state index contributed by atoms with van der Waals surface area (Å²) in [4.78, 5) is 2.47. The van der Waals surface area contributed by atoms with Gasteiger partial charge < -0.3 is 0 Å². The first kappa shape index (κ1) is 10.8. The summed E-state index contributed by atoms with van der Waals surface area (Å²) in [7, 11) is 0. The van der Waals surface area contributed by atoms with Gasteiger partial charge >= 0.3 is 87.8 Å². The molecule has 1 heteroatoms. The summed E-state index contributed by atoms with van der Waals surface area (Å²) >= 11 is 0.429. The van der Waals surface area contributed by atoms with E-state index >= 15 is 0 Å². The summed E-state index contributed by atoms with van der Waals surface area (Å²) < 4.78 is 0.762. The molecule has 0 aromatic rings. The van der Waals surface area contributed by atoms with Gasteiger partial charge in [0.15, 0.2) is 0 Å². The Morgan fingerprint density at radius 1 is 1.50 bits per heavy atom. The van der Waals surface area contributed by atoms with Gasteiger partial charge in [0.1, 0.15) is 0 Å². The van der Waals surface area contributed by atoms with E-state index in [0.29, 0.717) is 21.2 Å². The first-order valence-electron chi connectivity index (χ1n) is 5.14. The molecule has 1 fully saturated rings. The van der Waals surface area contributed by atoms with Crippen LogP contribution >= 0.6 is 0 Å². The van der Waals surface area contributed by atoms with Crippen LogP contribution in [0.1, 0.15) is 46.5 Å². The van der Waals surface area contributed by atoms with Crippen LogP contribution < -0.4 is 21.2 Å². The molecule has 1 rings (SSSR count). The molecule has 0 N–H and O–H groups in total. The third-order valence-corrected chi connectivity index (χ3v) is 7.84.